The number of hydrogen-bond acceptors (Lipinski definition) is 6. The Morgan fingerprint density at radius 2 is 1.90 bits per heavy atom. The molecular formula is C21H23N3O3S3. The van der Waals surface area contributed by atoms with Gasteiger partial charge in [0.25, 0.3) is 10.0 Å². The Labute approximate surface area is 184 Å². The predicted octanol–water partition coefficient (Wildman–Crippen LogP) is 4.12. The molecule has 9 heteroatoms. The van der Waals surface area contributed by atoms with Crippen LogP contribution in [0.2, 0.25) is 0 Å². The number of nitrogens with zero attached hydrogens (tertiary/aromatic N) is 3. The van der Waals surface area contributed by atoms with E-state index in [-0.39, 0.29) is 24.4 Å². The number of piperidine rings is 1. The molecule has 2 aliphatic heterocycles. The zero-order chi connectivity index (χ0) is 20.7. The van der Waals surface area contributed by atoms with Gasteiger partial charge in [0.05, 0.1) is 22.2 Å². The van der Waals surface area contributed by atoms with E-state index in [4.69, 9.17) is 4.98 Å². The number of carbonyl (C=O) groups is 1. The minimum Gasteiger partial charge on any atom is -0.333 e. The second kappa shape index (κ2) is 8.03. The Bertz CT molecular complexity index is 1120. The van der Waals surface area contributed by atoms with Crippen LogP contribution in [0.5, 0.6) is 0 Å². The molecule has 2 atom stereocenters. The van der Waals surface area contributed by atoms with Gasteiger partial charge >= 0.3 is 0 Å². The lowest BCUT2D eigenvalue weighted by molar-refractivity contribution is -0.137. The fraction of sp³-hybridized carbons (Fsp3) is 0.429. The Kier molecular flexibility index (Phi) is 5.38. The highest BCUT2D eigenvalue weighted by molar-refractivity contribution is 7.91. The van der Waals surface area contributed by atoms with Crippen molar-refractivity contribution < 1.29 is 13.2 Å². The summed E-state index contributed by atoms with van der Waals surface area (Å²) in [5, 5.41) is 2.76. The maximum atomic E-state index is 13.4. The van der Waals surface area contributed by atoms with Crippen molar-refractivity contribution in [3.63, 3.8) is 0 Å². The van der Waals surface area contributed by atoms with Crippen LogP contribution in [-0.4, -0.2) is 48.1 Å². The van der Waals surface area contributed by atoms with Crippen LogP contribution in [0.1, 0.15) is 36.7 Å². The van der Waals surface area contributed by atoms with Crippen LogP contribution in [-0.2, 0) is 14.8 Å². The molecule has 0 radical (unpaired) electrons. The summed E-state index contributed by atoms with van der Waals surface area (Å²) in [6.07, 6.45) is 3.31. The fourth-order valence-electron chi connectivity index (χ4n) is 4.45. The first-order valence-electron chi connectivity index (χ1n) is 10.2. The number of thiophene rings is 1. The second-order valence-corrected chi connectivity index (χ2v) is 12.0. The first kappa shape index (κ1) is 20.1. The number of sulfonamides is 1. The van der Waals surface area contributed by atoms with Crippen LogP contribution in [0.15, 0.2) is 46.0 Å². The summed E-state index contributed by atoms with van der Waals surface area (Å²) in [7, 11) is -3.52. The fourth-order valence-corrected chi connectivity index (χ4v) is 8.24. The van der Waals surface area contributed by atoms with E-state index in [1.807, 2.05) is 23.1 Å². The summed E-state index contributed by atoms with van der Waals surface area (Å²) in [5.41, 5.74) is 0.975. The molecule has 0 saturated carbocycles. The number of likely N-dealkylation sites (tertiary alicyclic amines) is 1. The summed E-state index contributed by atoms with van der Waals surface area (Å²) in [6.45, 7) is 1.46. The number of aromatic nitrogens is 1. The number of fused-ring (bicyclic) bond motifs is 1. The quantitative estimate of drug-likeness (QED) is 0.586. The third kappa shape index (κ3) is 3.57. The monoisotopic (exact) mass is 461 g/mol. The van der Waals surface area contributed by atoms with E-state index in [0.29, 0.717) is 23.7 Å². The molecule has 2 aliphatic rings. The van der Waals surface area contributed by atoms with Crippen LogP contribution in [0.4, 0.5) is 0 Å². The van der Waals surface area contributed by atoms with E-state index >= 15 is 0 Å². The number of carbonyl (C=O) groups excluding carboxylic acids is 1. The van der Waals surface area contributed by atoms with Gasteiger partial charge in [-0.05, 0) is 49.3 Å². The number of thiazole rings is 1. The SMILES string of the molecule is O=C([C@@H]1CCCN(S(=O)(=O)c2cccs2)C1)N1CCC[C@@H]1c1nc2ccccc2s1. The lowest BCUT2D eigenvalue weighted by Crippen LogP contribution is -2.46. The van der Waals surface area contributed by atoms with Crippen molar-refractivity contribution in [2.24, 2.45) is 5.92 Å². The molecule has 1 aromatic carbocycles. The number of para-hydroxylation sites is 1. The van der Waals surface area contributed by atoms with Gasteiger partial charge in [0.2, 0.25) is 5.91 Å². The van der Waals surface area contributed by atoms with E-state index < -0.39 is 10.0 Å². The third-order valence-corrected chi connectivity index (χ3v) is 10.3. The van der Waals surface area contributed by atoms with Gasteiger partial charge in [-0.1, -0.05) is 18.2 Å². The maximum absolute atomic E-state index is 13.4. The van der Waals surface area contributed by atoms with Crippen molar-refractivity contribution in [2.75, 3.05) is 19.6 Å². The molecule has 0 aliphatic carbocycles. The molecular weight excluding hydrogens is 438 g/mol. The molecule has 2 saturated heterocycles. The van der Waals surface area contributed by atoms with Gasteiger partial charge in [0, 0.05) is 19.6 Å². The Balaban J connectivity index is 1.35. The number of hydrogen-bond donors (Lipinski definition) is 0. The third-order valence-electron chi connectivity index (χ3n) is 5.95. The molecule has 3 aromatic rings. The van der Waals surface area contributed by atoms with Crippen LogP contribution < -0.4 is 0 Å². The average Bonchev–Trinajstić information content (AvgIpc) is 3.53. The second-order valence-electron chi connectivity index (χ2n) is 7.84. The maximum Gasteiger partial charge on any atom is 0.252 e. The van der Waals surface area contributed by atoms with Crippen LogP contribution >= 0.6 is 22.7 Å². The molecule has 0 spiro atoms. The standard InChI is InChI=1S/C21H23N3O3S3/c25-21(15-6-3-11-23(14-15)30(26,27)19-10-5-13-28-19)24-12-4-8-17(24)20-22-16-7-1-2-9-18(16)29-20/h1-2,5,7,9-10,13,15,17H,3-4,6,8,11-12,14H2/t15-,17-/m1/s1. The smallest absolute Gasteiger partial charge is 0.252 e. The molecule has 2 fully saturated rings. The first-order valence-corrected chi connectivity index (χ1v) is 13.4. The van der Waals surface area contributed by atoms with Gasteiger partial charge in [0.1, 0.15) is 9.22 Å². The molecule has 5 rings (SSSR count). The molecule has 0 N–H and O–H groups in total. The Morgan fingerprint density at radius 3 is 2.70 bits per heavy atom. The number of amides is 1. The highest BCUT2D eigenvalue weighted by Crippen LogP contribution is 2.38. The highest BCUT2D eigenvalue weighted by atomic mass is 32.2. The summed E-state index contributed by atoms with van der Waals surface area (Å²) in [6, 6.07) is 11.4. The van der Waals surface area contributed by atoms with E-state index in [0.717, 1.165) is 34.5 Å². The molecule has 2 aromatic heterocycles. The minimum atomic E-state index is -3.52. The van der Waals surface area contributed by atoms with Crippen molar-refractivity contribution in [1.29, 1.82) is 0 Å². The van der Waals surface area contributed by atoms with Crippen LogP contribution in [0, 0.1) is 5.92 Å². The van der Waals surface area contributed by atoms with Crippen LogP contribution in [0.3, 0.4) is 0 Å². The molecule has 4 heterocycles. The van der Waals surface area contributed by atoms with Crippen molar-refractivity contribution in [1.82, 2.24) is 14.2 Å². The lowest BCUT2D eigenvalue weighted by atomic mass is 9.97. The molecule has 6 nitrogen and oxygen atoms in total. The minimum absolute atomic E-state index is 0.000760. The van der Waals surface area contributed by atoms with E-state index in [9.17, 15) is 13.2 Å². The zero-order valence-electron chi connectivity index (χ0n) is 16.4. The van der Waals surface area contributed by atoms with Crippen molar-refractivity contribution in [2.45, 2.75) is 35.9 Å². The van der Waals surface area contributed by atoms with Crippen molar-refractivity contribution in [3.05, 3.63) is 46.8 Å². The normalized spacial score (nSPS) is 23.3. The van der Waals surface area contributed by atoms with Gasteiger partial charge in [-0.25, -0.2) is 13.4 Å². The number of benzene rings is 1. The average molecular weight is 462 g/mol. The highest BCUT2D eigenvalue weighted by Gasteiger charge is 2.39. The number of rotatable bonds is 4. The summed E-state index contributed by atoms with van der Waals surface area (Å²) in [5.74, 6) is -0.216. The topological polar surface area (TPSA) is 70.6 Å². The Hall–Kier alpha value is -1.81. The van der Waals surface area contributed by atoms with E-state index in [2.05, 4.69) is 6.07 Å². The summed E-state index contributed by atoms with van der Waals surface area (Å²) in [4.78, 5) is 20.2. The lowest BCUT2D eigenvalue weighted by Gasteiger charge is -2.34. The molecule has 30 heavy (non-hydrogen) atoms. The van der Waals surface area contributed by atoms with Crippen LogP contribution in [0.25, 0.3) is 10.2 Å². The summed E-state index contributed by atoms with van der Waals surface area (Å²) < 4.78 is 28.8. The van der Waals surface area contributed by atoms with E-state index in [1.54, 1.807) is 28.8 Å². The van der Waals surface area contributed by atoms with Crippen molar-refractivity contribution >= 4 is 48.8 Å². The van der Waals surface area contributed by atoms with Gasteiger partial charge < -0.3 is 4.90 Å². The molecule has 1 amide bonds. The Morgan fingerprint density at radius 1 is 1.07 bits per heavy atom. The van der Waals surface area contributed by atoms with Gasteiger partial charge in [-0.3, -0.25) is 4.79 Å². The van der Waals surface area contributed by atoms with Gasteiger partial charge in [-0.2, -0.15) is 4.31 Å². The molecule has 0 bridgehead atoms. The van der Waals surface area contributed by atoms with E-state index in [1.165, 1.54) is 15.6 Å². The molecule has 0 unspecified atom stereocenters. The van der Waals surface area contributed by atoms with Gasteiger partial charge in [-0.15, -0.1) is 22.7 Å². The largest absolute Gasteiger partial charge is 0.333 e. The molecule has 158 valence electrons. The van der Waals surface area contributed by atoms with Gasteiger partial charge in [0.15, 0.2) is 0 Å². The predicted molar refractivity (Wildman–Crippen MR) is 119 cm³/mol. The summed E-state index contributed by atoms with van der Waals surface area (Å²) >= 11 is 2.88. The zero-order valence-corrected chi connectivity index (χ0v) is 18.9. The van der Waals surface area contributed by atoms with Crippen molar-refractivity contribution in [3.8, 4) is 0 Å². The first-order chi connectivity index (χ1) is 14.5.